The van der Waals surface area contributed by atoms with Crippen LogP contribution in [0.5, 0.6) is 0 Å². The van der Waals surface area contributed by atoms with Gasteiger partial charge in [0.1, 0.15) is 102 Å². The van der Waals surface area contributed by atoms with Gasteiger partial charge in [0.05, 0.1) is 13.2 Å². The summed E-state index contributed by atoms with van der Waals surface area (Å²) >= 11 is 0. The van der Waals surface area contributed by atoms with Crippen molar-refractivity contribution >= 4 is 0 Å². The molecule has 0 aromatic carbocycles. The van der Waals surface area contributed by atoms with Crippen molar-refractivity contribution in [3.63, 3.8) is 0 Å². The maximum absolute atomic E-state index is 6.47. The maximum atomic E-state index is 6.47. The van der Waals surface area contributed by atoms with Crippen LogP contribution in [0.3, 0.4) is 0 Å². The van der Waals surface area contributed by atoms with Crippen molar-refractivity contribution in [2.75, 3.05) is 66.1 Å². The van der Waals surface area contributed by atoms with Crippen LogP contribution in [0.25, 0.3) is 0 Å². The predicted molar refractivity (Wildman–Crippen MR) is 169 cm³/mol. The SMILES string of the molecule is C#CCOCC1O[C@H](O[C@H]2OC(COCC#C)[C@@H](OCC#C)C(OCC#C)C2OCC#C)C(OCC#C)C(OCC#C)[C@@H]1OCC#C. The molecular formula is C36H38O11. The van der Waals surface area contributed by atoms with Crippen LogP contribution in [0.4, 0.5) is 0 Å². The van der Waals surface area contributed by atoms with E-state index in [1.54, 1.807) is 0 Å². The summed E-state index contributed by atoms with van der Waals surface area (Å²) in [6.07, 6.45) is 34.0. The number of hydrogen-bond donors (Lipinski definition) is 0. The normalized spacial score (nSPS) is 29.7. The highest BCUT2D eigenvalue weighted by atomic mass is 16.8. The lowest BCUT2D eigenvalue weighted by Gasteiger charge is -2.49. The zero-order valence-electron chi connectivity index (χ0n) is 26.0. The fourth-order valence-corrected chi connectivity index (χ4v) is 4.85. The minimum absolute atomic E-state index is 0.0134. The Balaban J connectivity index is 2.59. The van der Waals surface area contributed by atoms with Gasteiger partial charge in [-0.1, -0.05) is 47.4 Å². The first-order valence-corrected chi connectivity index (χ1v) is 14.3. The van der Waals surface area contributed by atoms with Crippen LogP contribution in [0, 0.1) is 98.8 Å². The third-order valence-electron chi connectivity index (χ3n) is 6.54. The number of hydrogen-bond acceptors (Lipinski definition) is 11. The molecule has 2 saturated heterocycles. The molecule has 0 aromatic heterocycles. The van der Waals surface area contributed by atoms with Crippen molar-refractivity contribution in [2.24, 2.45) is 0 Å². The second-order valence-electron chi connectivity index (χ2n) is 9.54. The van der Waals surface area contributed by atoms with E-state index in [0.29, 0.717) is 0 Å². The first-order chi connectivity index (χ1) is 23.0. The molecule has 2 aliphatic rings. The van der Waals surface area contributed by atoms with Crippen LogP contribution >= 0.6 is 0 Å². The predicted octanol–water partition coefficient (Wildman–Crippen LogP) is -0.137. The lowest BCUT2D eigenvalue weighted by Crippen LogP contribution is -2.66. The Labute approximate surface area is 278 Å². The third kappa shape index (κ3) is 12.3. The molecule has 0 spiro atoms. The molecule has 11 nitrogen and oxygen atoms in total. The van der Waals surface area contributed by atoms with Crippen LogP contribution in [0.15, 0.2) is 0 Å². The van der Waals surface area contributed by atoms with E-state index < -0.39 is 61.4 Å². The zero-order valence-corrected chi connectivity index (χ0v) is 26.0. The third-order valence-corrected chi connectivity index (χ3v) is 6.54. The van der Waals surface area contributed by atoms with Crippen molar-refractivity contribution in [2.45, 2.75) is 61.4 Å². The van der Waals surface area contributed by atoms with Gasteiger partial charge in [-0.2, -0.15) is 0 Å². The van der Waals surface area contributed by atoms with Gasteiger partial charge in [-0.3, -0.25) is 0 Å². The van der Waals surface area contributed by atoms with Crippen molar-refractivity contribution in [3.05, 3.63) is 0 Å². The average Bonchev–Trinajstić information content (AvgIpc) is 3.08. The molecule has 2 fully saturated rings. The average molecular weight is 647 g/mol. The highest BCUT2D eigenvalue weighted by molar-refractivity contribution is 5.01. The molecular weight excluding hydrogens is 608 g/mol. The van der Waals surface area contributed by atoms with Crippen molar-refractivity contribution in [3.8, 4) is 98.8 Å². The zero-order chi connectivity index (χ0) is 34.3. The van der Waals surface area contributed by atoms with Crippen LogP contribution in [0.1, 0.15) is 0 Å². The molecule has 2 aliphatic heterocycles. The van der Waals surface area contributed by atoms with Crippen LogP contribution < -0.4 is 0 Å². The van der Waals surface area contributed by atoms with Crippen molar-refractivity contribution < 1.29 is 52.1 Å². The number of terminal acetylenes is 8. The minimum atomic E-state index is -1.26. The second kappa shape index (κ2) is 23.4. The van der Waals surface area contributed by atoms with Gasteiger partial charge in [-0.25, -0.2) is 0 Å². The van der Waals surface area contributed by atoms with Crippen LogP contribution in [-0.4, -0.2) is 127 Å². The van der Waals surface area contributed by atoms with Gasteiger partial charge in [-0.15, -0.1) is 51.4 Å². The summed E-state index contributed by atoms with van der Waals surface area (Å²) in [7, 11) is 0. The molecule has 248 valence electrons. The summed E-state index contributed by atoms with van der Waals surface area (Å²) in [4.78, 5) is 0. The molecule has 0 amide bonds. The van der Waals surface area contributed by atoms with E-state index in [9.17, 15) is 0 Å². The summed E-state index contributed by atoms with van der Waals surface area (Å²) < 4.78 is 66.3. The van der Waals surface area contributed by atoms with Gasteiger partial charge in [0.2, 0.25) is 0 Å². The fraction of sp³-hybridized carbons (Fsp3) is 0.556. The van der Waals surface area contributed by atoms with Crippen LogP contribution in [0.2, 0.25) is 0 Å². The summed E-state index contributed by atoms with van der Waals surface area (Å²) in [5, 5.41) is 0. The van der Waals surface area contributed by atoms with E-state index >= 15 is 0 Å². The van der Waals surface area contributed by atoms with Gasteiger partial charge in [-0.05, 0) is 0 Å². The Morgan fingerprint density at radius 1 is 0.362 bits per heavy atom. The van der Waals surface area contributed by atoms with Gasteiger partial charge in [0.15, 0.2) is 12.6 Å². The van der Waals surface area contributed by atoms with E-state index in [4.69, 9.17) is 103 Å². The van der Waals surface area contributed by atoms with E-state index in [1.165, 1.54) is 0 Å². The molecule has 0 radical (unpaired) electrons. The van der Waals surface area contributed by atoms with Gasteiger partial charge >= 0.3 is 0 Å². The summed E-state index contributed by atoms with van der Waals surface area (Å²) in [6, 6.07) is 0. The highest BCUT2D eigenvalue weighted by Crippen LogP contribution is 2.34. The molecule has 6 unspecified atom stereocenters. The Hall–Kier alpha value is -3.96. The summed E-state index contributed by atoms with van der Waals surface area (Å²) in [5.41, 5.74) is 0. The minimum Gasteiger partial charge on any atom is -0.366 e. The largest absolute Gasteiger partial charge is 0.366 e. The van der Waals surface area contributed by atoms with Gasteiger partial charge in [0, 0.05) is 0 Å². The quantitative estimate of drug-likeness (QED) is 0.131. The Morgan fingerprint density at radius 3 is 0.936 bits per heavy atom. The second-order valence-corrected chi connectivity index (χ2v) is 9.54. The van der Waals surface area contributed by atoms with Gasteiger partial charge in [0.25, 0.3) is 0 Å². The monoisotopic (exact) mass is 646 g/mol. The molecule has 2 rings (SSSR count). The Kier molecular flexibility index (Phi) is 19.5. The standard InChI is InChI=1S/C36H38O11/c1-9-17-37-25-27-29(39-19-11-3)31(41-21-13-5)33(43-23-15-7)35(45-27)47-36-34(44-24-16-8)32(42-22-14-6)30(40-20-12-4)28(46-36)26-38-18-10-2/h1-8,27-36H,17-26H2/t27?,28?,29-,30-,31?,32?,33?,34?,35-,36-/m1/s1. The lowest BCUT2D eigenvalue weighted by atomic mass is 9.97. The summed E-state index contributed by atoms with van der Waals surface area (Å²) in [6.45, 7) is -0.876. The van der Waals surface area contributed by atoms with Crippen molar-refractivity contribution in [1.82, 2.24) is 0 Å². The van der Waals surface area contributed by atoms with E-state index in [2.05, 4.69) is 47.4 Å². The Bertz CT molecular complexity index is 1180. The topological polar surface area (TPSA) is 102 Å². The molecule has 47 heavy (non-hydrogen) atoms. The first-order valence-electron chi connectivity index (χ1n) is 14.3. The van der Waals surface area contributed by atoms with E-state index in [0.717, 1.165) is 0 Å². The number of ether oxygens (including phenoxy) is 11. The van der Waals surface area contributed by atoms with Crippen molar-refractivity contribution in [1.29, 1.82) is 0 Å². The number of rotatable bonds is 20. The molecule has 10 atom stereocenters. The Morgan fingerprint density at radius 2 is 0.638 bits per heavy atom. The van der Waals surface area contributed by atoms with E-state index in [1.807, 2.05) is 0 Å². The first kappa shape index (κ1) is 39.2. The summed E-state index contributed by atoms with van der Waals surface area (Å²) in [5.74, 6) is 19.4. The molecule has 0 aliphatic carbocycles. The molecule has 0 N–H and O–H groups in total. The molecule has 0 aromatic rings. The highest BCUT2D eigenvalue weighted by Gasteiger charge is 2.54. The molecule has 11 heteroatoms. The van der Waals surface area contributed by atoms with E-state index in [-0.39, 0.29) is 66.1 Å². The fourth-order valence-electron chi connectivity index (χ4n) is 4.85. The molecule has 0 bridgehead atoms. The van der Waals surface area contributed by atoms with Crippen LogP contribution in [-0.2, 0) is 52.1 Å². The maximum Gasteiger partial charge on any atom is 0.190 e. The van der Waals surface area contributed by atoms with Gasteiger partial charge < -0.3 is 52.1 Å². The molecule has 0 saturated carbocycles. The smallest absolute Gasteiger partial charge is 0.190 e. The lowest BCUT2D eigenvalue weighted by molar-refractivity contribution is -0.388. The molecule has 2 heterocycles.